The van der Waals surface area contributed by atoms with Crippen molar-refractivity contribution in [2.24, 2.45) is 7.05 Å². The van der Waals surface area contributed by atoms with Gasteiger partial charge in [-0.1, -0.05) is 19.1 Å². The highest BCUT2D eigenvalue weighted by Gasteiger charge is 2.14. The van der Waals surface area contributed by atoms with Crippen molar-refractivity contribution in [1.29, 1.82) is 0 Å². The first kappa shape index (κ1) is 16.1. The molecule has 0 saturated carbocycles. The Balaban J connectivity index is 1.96. The summed E-state index contributed by atoms with van der Waals surface area (Å²) in [6, 6.07) is 8.07. The molecule has 1 heterocycles. The van der Waals surface area contributed by atoms with Gasteiger partial charge in [-0.15, -0.1) is 0 Å². The summed E-state index contributed by atoms with van der Waals surface area (Å²) < 4.78 is 1.75. The van der Waals surface area contributed by atoms with Crippen LogP contribution < -0.4 is 10.2 Å². The number of amides is 1. The fourth-order valence-electron chi connectivity index (χ4n) is 2.38. The molecule has 0 fully saturated rings. The maximum absolute atomic E-state index is 12.2. The molecule has 5 nitrogen and oxygen atoms in total. The van der Waals surface area contributed by atoms with Gasteiger partial charge >= 0.3 is 0 Å². The average Bonchev–Trinajstić information content (AvgIpc) is 2.91. The molecule has 2 aromatic rings. The minimum absolute atomic E-state index is 0.0160. The van der Waals surface area contributed by atoms with Crippen molar-refractivity contribution in [2.75, 3.05) is 19.0 Å². The minimum atomic E-state index is 0.0160. The van der Waals surface area contributed by atoms with E-state index >= 15 is 0 Å². The van der Waals surface area contributed by atoms with Crippen LogP contribution in [0.5, 0.6) is 0 Å². The standard InChI is InChI=1S/C17H24N4O/c1-5-16(14-11-18-21(4)12-14)19-17(22)10-13-6-8-15(9-7-13)20(2)3/h6-9,11-12,16H,5,10H2,1-4H3,(H,19,22)/t16-/m0/s1. The summed E-state index contributed by atoms with van der Waals surface area (Å²) in [5.74, 6) is 0.0355. The monoisotopic (exact) mass is 300 g/mol. The summed E-state index contributed by atoms with van der Waals surface area (Å²) in [5, 5.41) is 7.24. The van der Waals surface area contributed by atoms with Gasteiger partial charge in [0.2, 0.25) is 5.91 Å². The Hall–Kier alpha value is -2.30. The van der Waals surface area contributed by atoms with Crippen LogP contribution >= 0.6 is 0 Å². The maximum Gasteiger partial charge on any atom is 0.224 e. The van der Waals surface area contributed by atoms with Crippen LogP contribution in [0.15, 0.2) is 36.7 Å². The Morgan fingerprint density at radius 3 is 2.50 bits per heavy atom. The van der Waals surface area contributed by atoms with Gasteiger partial charge in [-0.3, -0.25) is 9.48 Å². The molecule has 0 aliphatic carbocycles. The van der Waals surface area contributed by atoms with E-state index in [2.05, 4.69) is 17.3 Å². The van der Waals surface area contributed by atoms with Crippen molar-refractivity contribution in [1.82, 2.24) is 15.1 Å². The van der Waals surface area contributed by atoms with Crippen molar-refractivity contribution in [3.63, 3.8) is 0 Å². The number of nitrogens with one attached hydrogen (secondary N) is 1. The van der Waals surface area contributed by atoms with E-state index in [9.17, 15) is 4.79 Å². The lowest BCUT2D eigenvalue weighted by Crippen LogP contribution is -2.29. The number of hydrogen-bond donors (Lipinski definition) is 1. The predicted molar refractivity (Wildman–Crippen MR) is 88.9 cm³/mol. The van der Waals surface area contributed by atoms with Crippen LogP contribution in [0.4, 0.5) is 5.69 Å². The van der Waals surface area contributed by atoms with Crippen LogP contribution in [0.25, 0.3) is 0 Å². The van der Waals surface area contributed by atoms with Crippen molar-refractivity contribution in [2.45, 2.75) is 25.8 Å². The van der Waals surface area contributed by atoms with Crippen molar-refractivity contribution >= 4 is 11.6 Å². The van der Waals surface area contributed by atoms with Crippen LogP contribution in [-0.2, 0) is 18.3 Å². The molecular formula is C17H24N4O. The van der Waals surface area contributed by atoms with Gasteiger partial charge in [0.15, 0.2) is 0 Å². The van der Waals surface area contributed by atoms with Crippen molar-refractivity contribution < 1.29 is 4.79 Å². The fraction of sp³-hybridized carbons (Fsp3) is 0.412. The zero-order valence-corrected chi connectivity index (χ0v) is 13.7. The van der Waals surface area contributed by atoms with Crippen LogP contribution in [0.3, 0.4) is 0 Å². The van der Waals surface area contributed by atoms with Crippen molar-refractivity contribution in [3.05, 3.63) is 47.8 Å². The number of nitrogens with zero attached hydrogens (tertiary/aromatic N) is 3. The van der Waals surface area contributed by atoms with E-state index in [-0.39, 0.29) is 11.9 Å². The molecule has 0 radical (unpaired) electrons. The summed E-state index contributed by atoms with van der Waals surface area (Å²) in [5.41, 5.74) is 3.19. The molecule has 0 saturated heterocycles. The van der Waals surface area contributed by atoms with Crippen molar-refractivity contribution in [3.8, 4) is 0 Å². The van der Waals surface area contributed by atoms with Crippen LogP contribution in [0.2, 0.25) is 0 Å². The van der Waals surface area contributed by atoms with E-state index < -0.39 is 0 Å². The highest BCUT2D eigenvalue weighted by Crippen LogP contribution is 2.16. The van der Waals surface area contributed by atoms with E-state index in [0.717, 1.165) is 23.2 Å². The zero-order chi connectivity index (χ0) is 16.1. The topological polar surface area (TPSA) is 50.2 Å². The number of carbonyl (C=O) groups is 1. The molecule has 0 aliphatic rings. The smallest absolute Gasteiger partial charge is 0.224 e. The molecule has 1 aromatic heterocycles. The average molecular weight is 300 g/mol. The minimum Gasteiger partial charge on any atom is -0.378 e. The normalized spacial score (nSPS) is 12.0. The molecule has 5 heteroatoms. The first-order chi connectivity index (χ1) is 10.5. The molecule has 0 unspecified atom stereocenters. The molecular weight excluding hydrogens is 276 g/mol. The fourth-order valence-corrected chi connectivity index (χ4v) is 2.38. The van der Waals surface area contributed by atoms with E-state index in [1.165, 1.54) is 0 Å². The second-order valence-corrected chi connectivity index (χ2v) is 5.71. The summed E-state index contributed by atoms with van der Waals surface area (Å²) >= 11 is 0. The molecule has 0 aliphatic heterocycles. The molecule has 1 atom stereocenters. The number of carbonyl (C=O) groups excluding carboxylic acids is 1. The molecule has 118 valence electrons. The number of aryl methyl sites for hydroxylation is 1. The quantitative estimate of drug-likeness (QED) is 0.890. The highest BCUT2D eigenvalue weighted by molar-refractivity contribution is 5.79. The summed E-state index contributed by atoms with van der Waals surface area (Å²) in [6.07, 6.45) is 4.99. The molecule has 2 rings (SSSR count). The number of rotatable bonds is 6. The number of hydrogen-bond acceptors (Lipinski definition) is 3. The first-order valence-corrected chi connectivity index (χ1v) is 7.53. The number of benzene rings is 1. The van der Waals surface area contributed by atoms with Gasteiger partial charge in [-0.25, -0.2) is 0 Å². The lowest BCUT2D eigenvalue weighted by molar-refractivity contribution is -0.121. The van der Waals surface area contributed by atoms with E-state index in [0.29, 0.717) is 6.42 Å². The zero-order valence-electron chi connectivity index (χ0n) is 13.7. The molecule has 1 aromatic carbocycles. The Bertz CT molecular complexity index is 616. The van der Waals surface area contributed by atoms with Gasteiger partial charge in [-0.2, -0.15) is 5.10 Å². The SMILES string of the molecule is CC[C@H](NC(=O)Cc1ccc(N(C)C)cc1)c1cnn(C)c1. The molecule has 0 bridgehead atoms. The molecule has 1 N–H and O–H groups in total. The largest absolute Gasteiger partial charge is 0.378 e. The maximum atomic E-state index is 12.2. The Kier molecular flexibility index (Phi) is 5.20. The highest BCUT2D eigenvalue weighted by atomic mass is 16.1. The Morgan fingerprint density at radius 1 is 1.32 bits per heavy atom. The third-order valence-electron chi connectivity index (χ3n) is 3.69. The summed E-state index contributed by atoms with van der Waals surface area (Å²) in [6.45, 7) is 2.06. The predicted octanol–water partition coefficient (Wildman–Crippen LogP) is 2.30. The van der Waals surface area contributed by atoms with E-state index in [1.54, 1.807) is 10.9 Å². The van der Waals surface area contributed by atoms with E-state index in [1.807, 2.05) is 56.5 Å². The molecule has 0 spiro atoms. The van der Waals surface area contributed by atoms with Gasteiger partial charge in [0.05, 0.1) is 18.7 Å². The number of anilines is 1. The van der Waals surface area contributed by atoms with Crippen LogP contribution in [0.1, 0.15) is 30.5 Å². The summed E-state index contributed by atoms with van der Waals surface area (Å²) in [7, 11) is 5.88. The third kappa shape index (κ3) is 4.10. The summed E-state index contributed by atoms with van der Waals surface area (Å²) in [4.78, 5) is 14.3. The molecule has 22 heavy (non-hydrogen) atoms. The lowest BCUT2D eigenvalue weighted by Gasteiger charge is -2.16. The lowest BCUT2D eigenvalue weighted by atomic mass is 10.1. The van der Waals surface area contributed by atoms with Gasteiger partial charge in [0.25, 0.3) is 0 Å². The Morgan fingerprint density at radius 2 is 2.00 bits per heavy atom. The second-order valence-electron chi connectivity index (χ2n) is 5.71. The first-order valence-electron chi connectivity index (χ1n) is 7.53. The Labute approximate surface area is 131 Å². The van der Waals surface area contributed by atoms with Gasteiger partial charge < -0.3 is 10.2 Å². The number of aromatic nitrogens is 2. The molecule has 1 amide bonds. The third-order valence-corrected chi connectivity index (χ3v) is 3.69. The van der Waals surface area contributed by atoms with Gasteiger partial charge in [0.1, 0.15) is 0 Å². The van der Waals surface area contributed by atoms with Crippen LogP contribution in [-0.4, -0.2) is 29.8 Å². The van der Waals surface area contributed by atoms with Gasteiger partial charge in [0, 0.05) is 38.6 Å². The van der Waals surface area contributed by atoms with E-state index in [4.69, 9.17) is 0 Å². The van der Waals surface area contributed by atoms with Crippen LogP contribution in [0, 0.1) is 0 Å². The second kappa shape index (κ2) is 7.11. The van der Waals surface area contributed by atoms with Gasteiger partial charge in [-0.05, 0) is 24.1 Å².